The van der Waals surface area contributed by atoms with Gasteiger partial charge in [-0.3, -0.25) is 9.69 Å². The Morgan fingerprint density at radius 2 is 1.88 bits per heavy atom. The zero-order chi connectivity index (χ0) is 23.7. The highest BCUT2D eigenvalue weighted by molar-refractivity contribution is 5.78. The third kappa shape index (κ3) is 3.20. The first-order valence-corrected chi connectivity index (χ1v) is 13.6. The van der Waals surface area contributed by atoms with Gasteiger partial charge in [0.15, 0.2) is 0 Å². The maximum absolute atomic E-state index is 12.4. The Labute approximate surface area is 202 Å². The number of piperazine rings is 1. The third-order valence-corrected chi connectivity index (χ3v) is 11.5. The zero-order valence-electron chi connectivity index (χ0n) is 20.7. The molecule has 1 aromatic rings. The molecule has 0 aromatic carbocycles. The Kier molecular flexibility index (Phi) is 5.31. The molecule has 6 nitrogen and oxygen atoms in total. The summed E-state index contributed by atoms with van der Waals surface area (Å²) in [4.78, 5) is 25.9. The number of rotatable bonds is 2. The number of hydrogen-bond donors (Lipinski definition) is 2. The molecule has 0 radical (unpaired) electrons. The molecular formula is C28H40N2O4. The molecule has 0 bridgehead atoms. The molecule has 5 fully saturated rings. The van der Waals surface area contributed by atoms with Gasteiger partial charge in [0, 0.05) is 30.6 Å². The summed E-state index contributed by atoms with van der Waals surface area (Å²) >= 11 is 0. The van der Waals surface area contributed by atoms with Crippen LogP contribution in [0.25, 0.3) is 0 Å². The molecule has 1 aliphatic heterocycles. The maximum Gasteiger partial charge on any atom is 0.335 e. The van der Waals surface area contributed by atoms with Crippen molar-refractivity contribution in [2.45, 2.75) is 89.2 Å². The Hall–Kier alpha value is -1.66. The van der Waals surface area contributed by atoms with Crippen LogP contribution in [-0.2, 0) is 4.79 Å². The summed E-state index contributed by atoms with van der Waals surface area (Å²) < 4.78 is 5.22. The second-order valence-corrected chi connectivity index (χ2v) is 12.6. The van der Waals surface area contributed by atoms with Crippen LogP contribution in [0.15, 0.2) is 27.6 Å². The zero-order valence-corrected chi connectivity index (χ0v) is 20.7. The van der Waals surface area contributed by atoms with E-state index in [1.807, 2.05) is 6.07 Å². The van der Waals surface area contributed by atoms with E-state index in [0.29, 0.717) is 30.3 Å². The van der Waals surface area contributed by atoms with Gasteiger partial charge in [0.25, 0.3) is 0 Å². The van der Waals surface area contributed by atoms with Crippen LogP contribution < -0.4 is 10.9 Å². The topological polar surface area (TPSA) is 82.8 Å². The van der Waals surface area contributed by atoms with Crippen molar-refractivity contribution in [1.82, 2.24) is 10.2 Å². The van der Waals surface area contributed by atoms with E-state index in [2.05, 4.69) is 24.1 Å². The summed E-state index contributed by atoms with van der Waals surface area (Å²) in [5.74, 6) is 2.03. The van der Waals surface area contributed by atoms with Gasteiger partial charge in [-0.05, 0) is 98.5 Å². The second kappa shape index (κ2) is 7.92. The van der Waals surface area contributed by atoms with Crippen LogP contribution in [0.5, 0.6) is 0 Å². The minimum atomic E-state index is -0.646. The van der Waals surface area contributed by atoms with Gasteiger partial charge in [0.1, 0.15) is 0 Å². The van der Waals surface area contributed by atoms with Crippen LogP contribution in [-0.4, -0.2) is 47.2 Å². The quantitative estimate of drug-likeness (QED) is 0.692. The van der Waals surface area contributed by atoms with Crippen molar-refractivity contribution in [3.8, 4) is 0 Å². The lowest BCUT2D eigenvalue weighted by molar-refractivity contribution is -0.204. The predicted octanol–water partition coefficient (Wildman–Crippen LogP) is 3.68. The number of fused-ring (bicyclic) bond motifs is 5. The first-order chi connectivity index (χ1) is 16.2. The molecule has 2 N–H and O–H groups in total. The van der Waals surface area contributed by atoms with E-state index in [0.717, 1.165) is 44.3 Å². The van der Waals surface area contributed by atoms with Gasteiger partial charge >= 0.3 is 5.63 Å². The highest BCUT2D eigenvalue weighted by atomic mass is 16.4. The first kappa shape index (κ1) is 22.8. The largest absolute Gasteiger partial charge is 0.431 e. The van der Waals surface area contributed by atoms with Crippen LogP contribution >= 0.6 is 0 Å². The fourth-order valence-corrected chi connectivity index (χ4v) is 9.61. The lowest BCUT2D eigenvalue weighted by atomic mass is 9.43. The molecule has 4 aliphatic carbocycles. The Balaban J connectivity index is 1.23. The monoisotopic (exact) mass is 468 g/mol. The molecular weight excluding hydrogens is 428 g/mol. The molecule has 2 heterocycles. The number of nitrogens with one attached hydrogen (secondary N) is 1. The molecule has 186 valence electrons. The molecule has 0 unspecified atom stereocenters. The minimum Gasteiger partial charge on any atom is -0.431 e. The molecule has 34 heavy (non-hydrogen) atoms. The van der Waals surface area contributed by atoms with Crippen LogP contribution in [0.2, 0.25) is 0 Å². The van der Waals surface area contributed by atoms with Gasteiger partial charge in [0.2, 0.25) is 5.91 Å². The van der Waals surface area contributed by atoms with Crippen LogP contribution in [0.3, 0.4) is 0 Å². The van der Waals surface area contributed by atoms with Crippen LogP contribution in [0.4, 0.5) is 0 Å². The highest BCUT2D eigenvalue weighted by Gasteiger charge is 2.67. The van der Waals surface area contributed by atoms with Gasteiger partial charge in [-0.2, -0.15) is 0 Å². The minimum absolute atomic E-state index is 0.171. The van der Waals surface area contributed by atoms with E-state index >= 15 is 0 Å². The molecule has 1 saturated heterocycles. The maximum atomic E-state index is 12.4. The molecule has 4 saturated carbocycles. The van der Waals surface area contributed by atoms with E-state index in [-0.39, 0.29) is 28.3 Å². The van der Waals surface area contributed by atoms with Gasteiger partial charge in [-0.15, -0.1) is 0 Å². The van der Waals surface area contributed by atoms with Crippen molar-refractivity contribution in [2.24, 2.45) is 28.6 Å². The van der Waals surface area contributed by atoms with Crippen LogP contribution in [0, 0.1) is 28.6 Å². The Bertz CT molecular complexity index is 1000. The molecule has 8 atom stereocenters. The summed E-state index contributed by atoms with van der Waals surface area (Å²) in [5.41, 5.74) is 0.231. The smallest absolute Gasteiger partial charge is 0.335 e. The average molecular weight is 469 g/mol. The van der Waals surface area contributed by atoms with Crippen molar-refractivity contribution in [1.29, 1.82) is 0 Å². The molecule has 1 aromatic heterocycles. The normalized spacial score (nSPS) is 46.8. The van der Waals surface area contributed by atoms with E-state index < -0.39 is 5.60 Å². The van der Waals surface area contributed by atoms with E-state index in [1.165, 1.54) is 38.2 Å². The summed E-state index contributed by atoms with van der Waals surface area (Å²) in [5, 5.41) is 15.4. The van der Waals surface area contributed by atoms with Crippen molar-refractivity contribution in [2.75, 3.05) is 19.6 Å². The Morgan fingerprint density at radius 3 is 2.65 bits per heavy atom. The third-order valence-electron chi connectivity index (χ3n) is 11.5. The molecule has 5 aliphatic rings. The molecule has 6 rings (SSSR count). The predicted molar refractivity (Wildman–Crippen MR) is 129 cm³/mol. The van der Waals surface area contributed by atoms with Gasteiger partial charge < -0.3 is 14.8 Å². The summed E-state index contributed by atoms with van der Waals surface area (Å²) in [7, 11) is 0. The fraction of sp³-hybridized carbons (Fsp3) is 0.786. The van der Waals surface area contributed by atoms with Gasteiger partial charge in [-0.25, -0.2) is 4.79 Å². The van der Waals surface area contributed by atoms with E-state index in [4.69, 9.17) is 4.42 Å². The van der Waals surface area contributed by atoms with E-state index in [9.17, 15) is 14.7 Å². The molecule has 0 spiro atoms. The fourth-order valence-electron chi connectivity index (χ4n) is 9.61. The Morgan fingerprint density at radius 1 is 1.03 bits per heavy atom. The summed E-state index contributed by atoms with van der Waals surface area (Å²) in [6.07, 6.45) is 11.5. The van der Waals surface area contributed by atoms with Crippen molar-refractivity contribution < 1.29 is 14.3 Å². The SMILES string of the molecule is C[C@]12CC[C@H](N3CCNC(=O)C3)C[C@H]1CC[C@@H]1[C@@H]2CC[C@]2(C)[C@@H](c3ccc(=O)oc3)CC[C@]12O. The highest BCUT2D eigenvalue weighted by Crippen LogP contribution is 2.70. The number of hydrogen-bond acceptors (Lipinski definition) is 5. The first-order valence-electron chi connectivity index (χ1n) is 13.6. The molecule has 1 amide bonds. The lowest BCUT2D eigenvalue weighted by Crippen LogP contribution is -2.63. The lowest BCUT2D eigenvalue weighted by Gasteiger charge is -2.64. The summed E-state index contributed by atoms with van der Waals surface area (Å²) in [6, 6.07) is 3.97. The number of carbonyl (C=O) groups excluding carboxylic acids is 1. The van der Waals surface area contributed by atoms with Gasteiger partial charge in [0.05, 0.1) is 18.4 Å². The van der Waals surface area contributed by atoms with E-state index in [1.54, 1.807) is 6.26 Å². The van der Waals surface area contributed by atoms with Crippen molar-refractivity contribution in [3.63, 3.8) is 0 Å². The van der Waals surface area contributed by atoms with Crippen molar-refractivity contribution >= 4 is 5.91 Å². The summed E-state index contributed by atoms with van der Waals surface area (Å²) in [6.45, 7) is 7.14. The number of aliphatic hydroxyl groups is 1. The number of nitrogens with zero attached hydrogens (tertiary/aromatic N) is 1. The second-order valence-electron chi connectivity index (χ2n) is 12.6. The number of amides is 1. The number of carbonyl (C=O) groups is 1. The molecule has 6 heteroatoms. The van der Waals surface area contributed by atoms with Crippen molar-refractivity contribution in [3.05, 3.63) is 34.4 Å². The average Bonchev–Trinajstić information content (AvgIpc) is 3.10. The van der Waals surface area contributed by atoms with Gasteiger partial charge in [-0.1, -0.05) is 13.8 Å². The van der Waals surface area contributed by atoms with Crippen LogP contribution in [0.1, 0.15) is 83.1 Å². The standard InChI is InChI=1S/C28H40N2O4/c1-26-10-7-20(30-14-13-29-24(31)16-30)15-19(26)4-5-23-22(26)8-11-27(2)21(9-12-28(23,27)33)18-3-6-25(32)34-17-18/h3,6,17,19-23,33H,4-5,7-16H2,1-2H3,(H,29,31)/t19-,20+,21-,22+,23-,26+,27-,28+/m1/s1.